The number of aromatic nitrogens is 3. The molecular formula is C19H24ClN7O2. The summed E-state index contributed by atoms with van der Waals surface area (Å²) < 4.78 is 1.62. The van der Waals surface area contributed by atoms with Crippen molar-refractivity contribution in [3.8, 4) is 0 Å². The third-order valence-corrected chi connectivity index (χ3v) is 6.05. The average Bonchev–Trinajstić information content (AvgIpc) is 2.98. The summed E-state index contributed by atoms with van der Waals surface area (Å²) >= 11 is 6.17. The van der Waals surface area contributed by atoms with Gasteiger partial charge in [-0.3, -0.25) is 14.2 Å². The second kappa shape index (κ2) is 7.31. The van der Waals surface area contributed by atoms with Crippen LogP contribution in [-0.4, -0.2) is 45.0 Å². The Bertz CT molecular complexity index is 1030. The highest BCUT2D eigenvalue weighted by Gasteiger charge is 2.46. The summed E-state index contributed by atoms with van der Waals surface area (Å²) in [4.78, 5) is 36.4. The number of piperidine rings is 1. The molecule has 29 heavy (non-hydrogen) atoms. The quantitative estimate of drug-likeness (QED) is 0.694. The van der Waals surface area contributed by atoms with Crippen molar-refractivity contribution in [3.63, 3.8) is 0 Å². The normalized spacial score (nSPS) is 18.0. The molecule has 9 nitrogen and oxygen atoms in total. The number of carbonyl (C=O) groups excluding carboxylic acids is 1. The molecule has 2 aromatic rings. The van der Waals surface area contributed by atoms with Crippen molar-refractivity contribution in [1.82, 2.24) is 24.8 Å². The molecule has 0 saturated carbocycles. The molecule has 1 spiro atoms. The zero-order valence-corrected chi connectivity index (χ0v) is 17.2. The predicted molar refractivity (Wildman–Crippen MR) is 112 cm³/mol. The van der Waals surface area contributed by atoms with Crippen LogP contribution in [0.2, 0.25) is 5.02 Å². The Labute approximate surface area is 173 Å². The molecule has 0 radical (unpaired) electrons. The van der Waals surface area contributed by atoms with E-state index in [2.05, 4.69) is 32.4 Å². The van der Waals surface area contributed by atoms with Crippen molar-refractivity contribution < 1.29 is 4.79 Å². The Kier molecular flexibility index (Phi) is 4.95. The second-order valence-electron chi connectivity index (χ2n) is 7.60. The molecule has 0 aliphatic carbocycles. The molecule has 2 aliphatic rings. The molecule has 0 bridgehead atoms. The van der Waals surface area contributed by atoms with Crippen molar-refractivity contribution in [3.05, 3.63) is 39.0 Å². The number of likely N-dealkylation sites (tertiary alicyclic amines) is 1. The van der Waals surface area contributed by atoms with E-state index < -0.39 is 5.66 Å². The van der Waals surface area contributed by atoms with Crippen LogP contribution in [0.4, 0.5) is 17.3 Å². The van der Waals surface area contributed by atoms with Gasteiger partial charge in [-0.2, -0.15) is 0 Å². The number of carbonyl (C=O) groups is 1. The maximum atomic E-state index is 13.4. The van der Waals surface area contributed by atoms with Crippen LogP contribution in [-0.2, 0) is 5.66 Å². The van der Waals surface area contributed by atoms with Crippen LogP contribution in [0, 0.1) is 6.92 Å². The molecule has 1 amide bonds. The van der Waals surface area contributed by atoms with Crippen LogP contribution in [0.15, 0.2) is 17.2 Å². The summed E-state index contributed by atoms with van der Waals surface area (Å²) in [7, 11) is 0. The number of rotatable bonds is 4. The minimum Gasteiger partial charge on any atom is -0.382 e. The monoisotopic (exact) mass is 417 g/mol. The number of halogens is 1. The van der Waals surface area contributed by atoms with E-state index in [0.29, 0.717) is 24.1 Å². The fourth-order valence-corrected chi connectivity index (χ4v) is 4.40. The summed E-state index contributed by atoms with van der Waals surface area (Å²) in [6, 6.07) is 1.65. The maximum absolute atomic E-state index is 13.4. The number of pyridine rings is 1. The van der Waals surface area contributed by atoms with E-state index >= 15 is 0 Å². The van der Waals surface area contributed by atoms with Crippen LogP contribution >= 0.6 is 11.6 Å². The van der Waals surface area contributed by atoms with E-state index in [9.17, 15) is 9.59 Å². The Hall–Kier alpha value is -2.65. The number of hydrogen-bond donors (Lipinski definition) is 3. The van der Waals surface area contributed by atoms with E-state index in [1.54, 1.807) is 10.6 Å². The molecule has 2 aromatic heterocycles. The summed E-state index contributed by atoms with van der Waals surface area (Å²) in [5.41, 5.74) is 6.15. The van der Waals surface area contributed by atoms with Gasteiger partial charge in [-0.15, -0.1) is 0 Å². The Morgan fingerprint density at radius 1 is 1.31 bits per heavy atom. The number of hydrogen-bond acceptors (Lipinski definition) is 7. The van der Waals surface area contributed by atoms with Gasteiger partial charge in [-0.25, -0.2) is 9.97 Å². The molecular weight excluding hydrogens is 394 g/mol. The van der Waals surface area contributed by atoms with Crippen LogP contribution in [0.1, 0.15) is 42.2 Å². The minimum atomic E-state index is -0.704. The molecule has 4 N–H and O–H groups in total. The molecule has 0 aromatic carbocycles. The van der Waals surface area contributed by atoms with Crippen molar-refractivity contribution in [2.75, 3.05) is 30.7 Å². The van der Waals surface area contributed by atoms with E-state index in [0.717, 1.165) is 26.1 Å². The largest absolute Gasteiger partial charge is 0.382 e. The first-order valence-corrected chi connectivity index (χ1v) is 10.1. The predicted octanol–water partition coefficient (Wildman–Crippen LogP) is 1.83. The van der Waals surface area contributed by atoms with Gasteiger partial charge in [0.1, 0.15) is 34.2 Å². The van der Waals surface area contributed by atoms with Gasteiger partial charge in [0.2, 0.25) is 0 Å². The molecule has 0 unspecified atom stereocenters. The number of fused-ring (bicyclic) bond motifs is 2. The third kappa shape index (κ3) is 3.24. The van der Waals surface area contributed by atoms with E-state index in [1.807, 2.05) is 6.92 Å². The molecule has 0 atom stereocenters. The van der Waals surface area contributed by atoms with Gasteiger partial charge in [-0.1, -0.05) is 18.5 Å². The average molecular weight is 418 g/mol. The minimum absolute atomic E-state index is 0.124. The van der Waals surface area contributed by atoms with E-state index in [4.69, 9.17) is 17.3 Å². The van der Waals surface area contributed by atoms with Crippen molar-refractivity contribution >= 4 is 34.8 Å². The molecule has 2 aliphatic heterocycles. The fourth-order valence-electron chi connectivity index (χ4n) is 4.26. The number of anilines is 3. The molecule has 10 heteroatoms. The first-order chi connectivity index (χ1) is 13.9. The van der Waals surface area contributed by atoms with Gasteiger partial charge >= 0.3 is 0 Å². The highest BCUT2D eigenvalue weighted by atomic mass is 35.5. The first-order valence-electron chi connectivity index (χ1n) is 9.71. The van der Waals surface area contributed by atoms with Crippen molar-refractivity contribution in [2.24, 2.45) is 0 Å². The molecule has 4 rings (SSSR count). The smallest absolute Gasteiger partial charge is 0.276 e. The van der Waals surface area contributed by atoms with Gasteiger partial charge < -0.3 is 21.3 Å². The molecule has 4 heterocycles. The maximum Gasteiger partial charge on any atom is 0.276 e. The van der Waals surface area contributed by atoms with E-state index in [1.165, 1.54) is 6.33 Å². The van der Waals surface area contributed by atoms with E-state index in [-0.39, 0.29) is 33.8 Å². The number of aryl methyl sites for hydroxylation is 1. The Morgan fingerprint density at radius 3 is 2.72 bits per heavy atom. The lowest BCUT2D eigenvalue weighted by molar-refractivity contribution is 0.0748. The summed E-state index contributed by atoms with van der Waals surface area (Å²) in [6.45, 7) is 6.63. The number of amides is 1. The number of nitrogens with two attached hydrogens (primary N) is 1. The standard InChI is InChI=1S/C19H24ClN7O2/c1-3-6-26-7-4-19(5-8-26)25-17(28)14-11(2)9-12(18(29)27(14)19)24-16-13(20)15(21)22-10-23-16/h9-10H,3-8H2,1-2H3,(H,25,28)(H3,21,22,23,24). The number of nitrogens with one attached hydrogen (secondary N) is 2. The van der Waals surface area contributed by atoms with Crippen molar-refractivity contribution in [2.45, 2.75) is 38.8 Å². The molecule has 1 saturated heterocycles. The third-order valence-electron chi connectivity index (χ3n) is 5.67. The lowest BCUT2D eigenvalue weighted by Gasteiger charge is -2.40. The van der Waals surface area contributed by atoms with Gasteiger partial charge in [0.15, 0.2) is 5.82 Å². The van der Waals surface area contributed by atoms with Crippen LogP contribution in [0.25, 0.3) is 0 Å². The van der Waals surface area contributed by atoms with Gasteiger partial charge in [-0.05, 0) is 31.5 Å². The number of nitrogens with zero attached hydrogens (tertiary/aromatic N) is 4. The fraction of sp³-hybridized carbons (Fsp3) is 0.474. The lowest BCUT2D eigenvalue weighted by atomic mass is 9.96. The zero-order chi connectivity index (χ0) is 20.8. The summed E-state index contributed by atoms with van der Waals surface area (Å²) in [5, 5.41) is 6.21. The topological polar surface area (TPSA) is 118 Å². The molecule has 1 fully saturated rings. The van der Waals surface area contributed by atoms with Gasteiger partial charge in [0.25, 0.3) is 11.5 Å². The highest BCUT2D eigenvalue weighted by molar-refractivity contribution is 6.35. The van der Waals surface area contributed by atoms with Gasteiger partial charge in [0.05, 0.1) is 0 Å². The van der Waals surface area contributed by atoms with Gasteiger partial charge in [0, 0.05) is 25.9 Å². The highest BCUT2D eigenvalue weighted by Crippen LogP contribution is 2.34. The SMILES string of the molecule is CCCN1CCC2(CC1)NC(=O)c1c(C)cc(Nc3ncnc(N)c3Cl)c(=O)n12. The van der Waals surface area contributed by atoms with Crippen LogP contribution in [0.5, 0.6) is 0 Å². The molecule has 154 valence electrons. The lowest BCUT2D eigenvalue weighted by Crippen LogP contribution is -2.54. The summed E-state index contributed by atoms with van der Waals surface area (Å²) in [6.07, 6.45) is 3.70. The van der Waals surface area contributed by atoms with Crippen LogP contribution < -0.4 is 21.9 Å². The Morgan fingerprint density at radius 2 is 2.03 bits per heavy atom. The van der Waals surface area contributed by atoms with Crippen LogP contribution in [0.3, 0.4) is 0 Å². The zero-order valence-electron chi connectivity index (χ0n) is 16.5. The van der Waals surface area contributed by atoms with Crippen molar-refractivity contribution in [1.29, 1.82) is 0 Å². The first kappa shape index (κ1) is 19.7. The second-order valence-corrected chi connectivity index (χ2v) is 7.98. The summed E-state index contributed by atoms with van der Waals surface area (Å²) in [5.74, 6) is 0.165. The Balaban J connectivity index is 1.76. The number of nitrogen functional groups attached to an aromatic ring is 1.